The van der Waals surface area contributed by atoms with Crippen molar-refractivity contribution in [1.29, 1.82) is 0 Å². The van der Waals surface area contributed by atoms with Crippen molar-refractivity contribution in [3.8, 4) is 11.4 Å². The van der Waals surface area contributed by atoms with Gasteiger partial charge in [-0.2, -0.15) is 18.3 Å². The third-order valence-electron chi connectivity index (χ3n) is 4.26. The van der Waals surface area contributed by atoms with Crippen molar-refractivity contribution in [1.82, 2.24) is 19.7 Å². The van der Waals surface area contributed by atoms with Crippen molar-refractivity contribution >= 4 is 11.6 Å². The van der Waals surface area contributed by atoms with Crippen LogP contribution in [0.4, 0.5) is 18.9 Å². The zero-order chi connectivity index (χ0) is 19.0. The van der Waals surface area contributed by atoms with E-state index in [1.165, 1.54) is 6.20 Å². The number of nitrogens with one attached hydrogen (secondary N) is 1. The van der Waals surface area contributed by atoms with E-state index in [0.717, 1.165) is 4.68 Å². The number of carbonyl (C=O) groups is 1. The minimum Gasteiger partial charge on any atom is -0.326 e. The molecule has 0 saturated carbocycles. The molecule has 27 heavy (non-hydrogen) atoms. The minimum atomic E-state index is -4.47. The van der Waals surface area contributed by atoms with E-state index >= 15 is 0 Å². The zero-order valence-corrected chi connectivity index (χ0v) is 13.9. The van der Waals surface area contributed by atoms with Gasteiger partial charge in [0.2, 0.25) is 5.91 Å². The van der Waals surface area contributed by atoms with Crippen molar-refractivity contribution in [3.05, 3.63) is 60.2 Å². The summed E-state index contributed by atoms with van der Waals surface area (Å²) in [7, 11) is 0. The highest BCUT2D eigenvalue weighted by atomic mass is 19.4. The molecule has 3 heterocycles. The van der Waals surface area contributed by atoms with Gasteiger partial charge >= 0.3 is 6.18 Å². The minimum absolute atomic E-state index is 0.0000431. The molecule has 1 N–H and O–H groups in total. The van der Waals surface area contributed by atoms with Crippen LogP contribution in [0.5, 0.6) is 0 Å². The number of benzene rings is 1. The summed E-state index contributed by atoms with van der Waals surface area (Å²) in [5.41, 5.74) is 1.79. The van der Waals surface area contributed by atoms with Crippen molar-refractivity contribution < 1.29 is 18.0 Å². The fourth-order valence-electron chi connectivity index (χ4n) is 3.16. The summed E-state index contributed by atoms with van der Waals surface area (Å²) in [6.45, 7) is -1.28. The maximum Gasteiger partial charge on any atom is 0.408 e. The molecule has 1 unspecified atom stereocenters. The molecule has 0 spiro atoms. The van der Waals surface area contributed by atoms with Gasteiger partial charge in [-0.1, -0.05) is 18.2 Å². The lowest BCUT2D eigenvalue weighted by atomic mass is 9.90. The summed E-state index contributed by atoms with van der Waals surface area (Å²) in [6.07, 6.45) is -1.43. The Hall–Kier alpha value is -3.23. The average molecular weight is 373 g/mol. The number of hydrogen-bond acceptors (Lipinski definition) is 4. The maximum atomic E-state index is 13.1. The number of fused-ring (bicyclic) bond motifs is 1. The van der Waals surface area contributed by atoms with Gasteiger partial charge in [-0.05, 0) is 23.8 Å². The van der Waals surface area contributed by atoms with Crippen molar-refractivity contribution in [2.45, 2.75) is 25.1 Å². The molecule has 0 fully saturated rings. The van der Waals surface area contributed by atoms with Crippen LogP contribution in [0.1, 0.15) is 23.7 Å². The predicted octanol–water partition coefficient (Wildman–Crippen LogP) is 3.38. The Labute approximate surface area is 152 Å². The van der Waals surface area contributed by atoms with Gasteiger partial charge in [0.25, 0.3) is 0 Å². The molecule has 0 radical (unpaired) electrons. The van der Waals surface area contributed by atoms with Gasteiger partial charge < -0.3 is 5.32 Å². The third-order valence-corrected chi connectivity index (χ3v) is 4.26. The highest BCUT2D eigenvalue weighted by Crippen LogP contribution is 2.37. The standard InChI is InChI=1S/C18H14F3N5O/c19-18(20,21)10-26-17(24-16(25-26)11-4-3-7-22-9-11)13-8-15(27)23-14-6-2-1-5-12(13)14/h1-7,9,13H,8,10H2,(H,23,27). The number of pyridine rings is 1. The van der Waals surface area contributed by atoms with Crippen LogP contribution >= 0.6 is 0 Å². The van der Waals surface area contributed by atoms with Crippen molar-refractivity contribution in [2.24, 2.45) is 0 Å². The first-order valence-electron chi connectivity index (χ1n) is 8.21. The number of aromatic nitrogens is 4. The fraction of sp³-hybridized carbons (Fsp3) is 0.222. The highest BCUT2D eigenvalue weighted by Gasteiger charge is 2.35. The van der Waals surface area contributed by atoms with Gasteiger partial charge in [-0.15, -0.1) is 0 Å². The molecule has 138 valence electrons. The molecule has 0 aliphatic carbocycles. The Bertz CT molecular complexity index is 984. The van der Waals surface area contributed by atoms with E-state index in [1.807, 2.05) is 0 Å². The molecule has 6 nitrogen and oxygen atoms in total. The van der Waals surface area contributed by atoms with E-state index < -0.39 is 18.6 Å². The van der Waals surface area contributed by atoms with E-state index in [0.29, 0.717) is 16.8 Å². The van der Waals surface area contributed by atoms with Crippen molar-refractivity contribution in [2.75, 3.05) is 5.32 Å². The zero-order valence-electron chi connectivity index (χ0n) is 13.9. The number of para-hydroxylation sites is 1. The van der Waals surface area contributed by atoms with Gasteiger partial charge in [0, 0.05) is 30.1 Å². The number of rotatable bonds is 3. The van der Waals surface area contributed by atoms with E-state index in [2.05, 4.69) is 20.4 Å². The molecular formula is C18H14F3N5O. The van der Waals surface area contributed by atoms with Crippen LogP contribution in [-0.4, -0.2) is 31.8 Å². The van der Waals surface area contributed by atoms with Crippen molar-refractivity contribution in [3.63, 3.8) is 0 Å². The van der Waals surface area contributed by atoms with Gasteiger partial charge in [0.1, 0.15) is 12.4 Å². The van der Waals surface area contributed by atoms with Gasteiger partial charge in [-0.3, -0.25) is 9.78 Å². The first-order chi connectivity index (χ1) is 12.9. The lowest BCUT2D eigenvalue weighted by Gasteiger charge is -2.25. The number of carbonyl (C=O) groups excluding carboxylic acids is 1. The summed E-state index contributed by atoms with van der Waals surface area (Å²) >= 11 is 0. The number of halogens is 3. The van der Waals surface area contributed by atoms with Crippen LogP contribution in [0.25, 0.3) is 11.4 Å². The molecular weight excluding hydrogens is 359 g/mol. The van der Waals surface area contributed by atoms with Crippen LogP contribution in [0.3, 0.4) is 0 Å². The topological polar surface area (TPSA) is 72.7 Å². The third kappa shape index (κ3) is 3.53. The first kappa shape index (κ1) is 17.2. The predicted molar refractivity (Wildman–Crippen MR) is 90.8 cm³/mol. The number of amides is 1. The molecule has 0 saturated heterocycles. The van der Waals surface area contributed by atoms with E-state index in [9.17, 15) is 18.0 Å². The first-order valence-corrected chi connectivity index (χ1v) is 8.21. The van der Waals surface area contributed by atoms with Gasteiger partial charge in [0.15, 0.2) is 5.82 Å². The smallest absolute Gasteiger partial charge is 0.326 e. The second-order valence-corrected chi connectivity index (χ2v) is 6.20. The molecule has 3 aromatic rings. The summed E-state index contributed by atoms with van der Waals surface area (Å²) in [6, 6.07) is 10.3. The van der Waals surface area contributed by atoms with Gasteiger partial charge in [0.05, 0.1) is 5.92 Å². The lowest BCUT2D eigenvalue weighted by Crippen LogP contribution is -2.27. The monoisotopic (exact) mass is 373 g/mol. The molecule has 4 rings (SSSR count). The molecule has 1 aromatic carbocycles. The summed E-state index contributed by atoms with van der Waals surface area (Å²) in [4.78, 5) is 20.4. The van der Waals surface area contributed by atoms with Gasteiger partial charge in [-0.25, -0.2) is 9.67 Å². The number of hydrogen-bond donors (Lipinski definition) is 1. The molecule has 1 aliphatic heterocycles. The molecule has 1 aliphatic rings. The van der Waals surface area contributed by atoms with Crippen LogP contribution in [0, 0.1) is 0 Å². The Morgan fingerprint density at radius 3 is 2.74 bits per heavy atom. The number of anilines is 1. The molecule has 1 amide bonds. The second-order valence-electron chi connectivity index (χ2n) is 6.20. The number of nitrogens with zero attached hydrogens (tertiary/aromatic N) is 4. The Balaban J connectivity index is 1.84. The second kappa shape index (κ2) is 6.49. The Morgan fingerprint density at radius 1 is 1.19 bits per heavy atom. The number of alkyl halides is 3. The van der Waals surface area contributed by atoms with E-state index in [1.54, 1.807) is 42.6 Å². The molecule has 1 atom stereocenters. The molecule has 2 aromatic heterocycles. The van der Waals surface area contributed by atoms with E-state index in [-0.39, 0.29) is 24.0 Å². The summed E-state index contributed by atoms with van der Waals surface area (Å²) < 4.78 is 40.1. The SMILES string of the molecule is O=C1CC(c2nc(-c3cccnc3)nn2CC(F)(F)F)c2ccccc2N1. The highest BCUT2D eigenvalue weighted by molar-refractivity contribution is 5.95. The van der Waals surface area contributed by atoms with Crippen LogP contribution in [0.2, 0.25) is 0 Å². The summed E-state index contributed by atoms with van der Waals surface area (Å²) in [5.74, 6) is -0.641. The lowest BCUT2D eigenvalue weighted by molar-refractivity contribution is -0.143. The Kier molecular flexibility index (Phi) is 4.14. The largest absolute Gasteiger partial charge is 0.408 e. The maximum absolute atomic E-state index is 13.1. The quantitative estimate of drug-likeness (QED) is 0.764. The van der Waals surface area contributed by atoms with E-state index in [4.69, 9.17) is 0 Å². The summed E-state index contributed by atoms with van der Waals surface area (Å²) in [5, 5.41) is 6.79. The van der Waals surface area contributed by atoms with Crippen LogP contribution < -0.4 is 5.32 Å². The van der Waals surface area contributed by atoms with Crippen LogP contribution in [-0.2, 0) is 11.3 Å². The fourth-order valence-corrected chi connectivity index (χ4v) is 3.16. The van der Waals surface area contributed by atoms with Crippen LogP contribution in [0.15, 0.2) is 48.8 Å². The Morgan fingerprint density at radius 2 is 2.00 bits per heavy atom. The average Bonchev–Trinajstić information content (AvgIpc) is 3.03. The molecule has 9 heteroatoms. The normalized spacial score (nSPS) is 16.7. The molecule has 0 bridgehead atoms.